The second-order valence-corrected chi connectivity index (χ2v) is 4.27. The number of aromatic nitrogens is 1. The van der Waals surface area contributed by atoms with Crippen LogP contribution in [-0.2, 0) is 11.2 Å². The Hall–Kier alpha value is -2.56. The Morgan fingerprint density at radius 1 is 1.30 bits per heavy atom. The standard InChI is InChI=1S/C15H17N3O2/c1-2-11-5-7-12(8-6-11)18-14(19)10-20-13-4-3-9-17-15(13)16/h3-9H,2,10H2,1H3,(H2,16,17)(H,18,19). The van der Waals surface area contributed by atoms with Gasteiger partial charge in [0.1, 0.15) is 0 Å². The van der Waals surface area contributed by atoms with Crippen molar-refractivity contribution >= 4 is 17.4 Å². The number of carbonyl (C=O) groups excluding carboxylic acids is 1. The number of amides is 1. The number of nitrogen functional groups attached to an aromatic ring is 1. The summed E-state index contributed by atoms with van der Waals surface area (Å²) in [6, 6.07) is 11.1. The lowest BCUT2D eigenvalue weighted by atomic mass is 10.1. The van der Waals surface area contributed by atoms with Gasteiger partial charge in [0.25, 0.3) is 5.91 Å². The molecule has 0 unspecified atom stereocenters. The normalized spacial score (nSPS) is 10.1. The summed E-state index contributed by atoms with van der Waals surface area (Å²) >= 11 is 0. The fourth-order valence-electron chi connectivity index (χ4n) is 1.69. The molecule has 1 aromatic heterocycles. The number of ether oxygens (including phenoxy) is 1. The van der Waals surface area contributed by atoms with Crippen molar-refractivity contribution in [1.29, 1.82) is 0 Å². The molecule has 5 heteroatoms. The third-order valence-electron chi connectivity index (χ3n) is 2.80. The first-order chi connectivity index (χ1) is 9.69. The molecule has 2 aromatic rings. The van der Waals surface area contributed by atoms with Gasteiger partial charge in [-0.15, -0.1) is 0 Å². The van der Waals surface area contributed by atoms with E-state index in [4.69, 9.17) is 10.5 Å². The molecule has 0 atom stereocenters. The Bertz CT molecular complexity index is 582. The Balaban J connectivity index is 1.87. The average molecular weight is 271 g/mol. The second kappa shape index (κ2) is 6.56. The maximum atomic E-state index is 11.8. The van der Waals surface area contributed by atoms with E-state index in [1.807, 2.05) is 24.3 Å². The van der Waals surface area contributed by atoms with Crippen LogP contribution in [0.2, 0.25) is 0 Å². The first kappa shape index (κ1) is 13.9. The topological polar surface area (TPSA) is 77.2 Å². The largest absolute Gasteiger partial charge is 0.480 e. The van der Waals surface area contributed by atoms with Gasteiger partial charge in [0, 0.05) is 11.9 Å². The molecule has 0 spiro atoms. The van der Waals surface area contributed by atoms with Gasteiger partial charge in [0.2, 0.25) is 0 Å². The number of anilines is 2. The third kappa shape index (κ3) is 3.71. The molecule has 0 saturated heterocycles. The summed E-state index contributed by atoms with van der Waals surface area (Å²) in [6.07, 6.45) is 2.54. The molecule has 0 saturated carbocycles. The van der Waals surface area contributed by atoms with Gasteiger partial charge in [-0.1, -0.05) is 19.1 Å². The highest BCUT2D eigenvalue weighted by atomic mass is 16.5. The van der Waals surface area contributed by atoms with Gasteiger partial charge in [0.05, 0.1) is 0 Å². The Labute approximate surface area is 117 Å². The van der Waals surface area contributed by atoms with Crippen molar-refractivity contribution in [2.24, 2.45) is 0 Å². The molecular formula is C15H17N3O2. The van der Waals surface area contributed by atoms with Gasteiger partial charge in [-0.05, 0) is 36.2 Å². The first-order valence-corrected chi connectivity index (χ1v) is 6.41. The van der Waals surface area contributed by atoms with Gasteiger partial charge in [-0.2, -0.15) is 0 Å². The monoisotopic (exact) mass is 271 g/mol. The van der Waals surface area contributed by atoms with Crippen molar-refractivity contribution in [3.8, 4) is 5.75 Å². The molecule has 0 aliphatic carbocycles. The first-order valence-electron chi connectivity index (χ1n) is 6.41. The number of nitrogens with zero attached hydrogens (tertiary/aromatic N) is 1. The fourth-order valence-corrected chi connectivity index (χ4v) is 1.69. The van der Waals surface area contributed by atoms with Crippen LogP contribution in [0.3, 0.4) is 0 Å². The highest BCUT2D eigenvalue weighted by molar-refractivity contribution is 5.91. The van der Waals surface area contributed by atoms with E-state index < -0.39 is 0 Å². The molecule has 1 amide bonds. The van der Waals surface area contributed by atoms with Crippen molar-refractivity contribution < 1.29 is 9.53 Å². The molecule has 20 heavy (non-hydrogen) atoms. The number of pyridine rings is 1. The summed E-state index contributed by atoms with van der Waals surface area (Å²) in [7, 11) is 0. The molecule has 0 aliphatic heterocycles. The van der Waals surface area contributed by atoms with Crippen LogP contribution < -0.4 is 15.8 Å². The number of nitrogens with two attached hydrogens (primary N) is 1. The zero-order valence-electron chi connectivity index (χ0n) is 11.3. The smallest absolute Gasteiger partial charge is 0.262 e. The lowest BCUT2D eigenvalue weighted by Gasteiger charge is -2.09. The van der Waals surface area contributed by atoms with E-state index in [1.165, 1.54) is 5.56 Å². The van der Waals surface area contributed by atoms with Crippen LogP contribution >= 0.6 is 0 Å². The molecule has 2 rings (SSSR count). The van der Waals surface area contributed by atoms with Crippen molar-refractivity contribution in [3.63, 3.8) is 0 Å². The molecule has 5 nitrogen and oxygen atoms in total. The van der Waals surface area contributed by atoms with Crippen molar-refractivity contribution in [2.45, 2.75) is 13.3 Å². The number of rotatable bonds is 5. The van der Waals surface area contributed by atoms with Crippen LogP contribution in [0.25, 0.3) is 0 Å². The summed E-state index contributed by atoms with van der Waals surface area (Å²) in [5.41, 5.74) is 7.59. The van der Waals surface area contributed by atoms with E-state index in [0.717, 1.165) is 12.1 Å². The highest BCUT2D eigenvalue weighted by Gasteiger charge is 2.06. The summed E-state index contributed by atoms with van der Waals surface area (Å²) in [4.78, 5) is 15.6. The molecule has 0 aliphatic rings. The minimum Gasteiger partial charge on any atom is -0.480 e. The lowest BCUT2D eigenvalue weighted by Crippen LogP contribution is -2.20. The zero-order valence-corrected chi connectivity index (χ0v) is 11.3. The highest BCUT2D eigenvalue weighted by Crippen LogP contribution is 2.16. The van der Waals surface area contributed by atoms with Crippen LogP contribution in [0.4, 0.5) is 11.5 Å². The van der Waals surface area contributed by atoms with E-state index in [-0.39, 0.29) is 18.3 Å². The van der Waals surface area contributed by atoms with Crippen LogP contribution in [0, 0.1) is 0 Å². The number of carbonyl (C=O) groups is 1. The third-order valence-corrected chi connectivity index (χ3v) is 2.80. The Kier molecular flexibility index (Phi) is 4.55. The molecule has 104 valence electrons. The summed E-state index contributed by atoms with van der Waals surface area (Å²) in [6.45, 7) is 1.98. The van der Waals surface area contributed by atoms with Crippen LogP contribution in [0.1, 0.15) is 12.5 Å². The maximum Gasteiger partial charge on any atom is 0.262 e. The predicted octanol–water partition coefficient (Wildman–Crippen LogP) is 2.24. The molecular weight excluding hydrogens is 254 g/mol. The van der Waals surface area contributed by atoms with E-state index >= 15 is 0 Å². The SMILES string of the molecule is CCc1ccc(NC(=O)COc2cccnc2N)cc1. The zero-order chi connectivity index (χ0) is 14.4. The molecule has 0 bridgehead atoms. The summed E-state index contributed by atoms with van der Waals surface area (Å²) < 4.78 is 5.32. The molecule has 1 heterocycles. The van der Waals surface area contributed by atoms with Gasteiger partial charge in [-0.25, -0.2) is 4.98 Å². The average Bonchev–Trinajstić information content (AvgIpc) is 2.47. The van der Waals surface area contributed by atoms with E-state index in [1.54, 1.807) is 18.3 Å². The van der Waals surface area contributed by atoms with Crippen LogP contribution in [-0.4, -0.2) is 17.5 Å². The number of aryl methyl sites for hydroxylation is 1. The fraction of sp³-hybridized carbons (Fsp3) is 0.200. The quantitative estimate of drug-likeness (QED) is 0.874. The van der Waals surface area contributed by atoms with E-state index in [2.05, 4.69) is 17.2 Å². The number of benzene rings is 1. The van der Waals surface area contributed by atoms with Gasteiger partial charge in [-0.3, -0.25) is 4.79 Å². The maximum absolute atomic E-state index is 11.8. The predicted molar refractivity (Wildman–Crippen MR) is 78.6 cm³/mol. The Morgan fingerprint density at radius 2 is 2.05 bits per heavy atom. The second-order valence-electron chi connectivity index (χ2n) is 4.27. The Morgan fingerprint density at radius 3 is 2.70 bits per heavy atom. The minimum atomic E-state index is -0.238. The summed E-state index contributed by atoms with van der Waals surface area (Å²) in [5.74, 6) is 0.439. The van der Waals surface area contributed by atoms with E-state index in [9.17, 15) is 4.79 Å². The van der Waals surface area contributed by atoms with E-state index in [0.29, 0.717) is 5.75 Å². The number of hydrogen-bond donors (Lipinski definition) is 2. The van der Waals surface area contributed by atoms with Crippen molar-refractivity contribution in [3.05, 3.63) is 48.2 Å². The van der Waals surface area contributed by atoms with Gasteiger partial charge < -0.3 is 15.8 Å². The lowest BCUT2D eigenvalue weighted by molar-refractivity contribution is -0.118. The van der Waals surface area contributed by atoms with Crippen LogP contribution in [0.5, 0.6) is 5.75 Å². The van der Waals surface area contributed by atoms with Gasteiger partial charge in [0.15, 0.2) is 18.2 Å². The van der Waals surface area contributed by atoms with Crippen molar-refractivity contribution in [2.75, 3.05) is 17.7 Å². The summed E-state index contributed by atoms with van der Waals surface area (Å²) in [5, 5.41) is 2.76. The molecule has 1 aromatic carbocycles. The number of hydrogen-bond acceptors (Lipinski definition) is 4. The van der Waals surface area contributed by atoms with Crippen LogP contribution in [0.15, 0.2) is 42.6 Å². The molecule has 0 radical (unpaired) electrons. The van der Waals surface area contributed by atoms with Crippen molar-refractivity contribution in [1.82, 2.24) is 4.98 Å². The van der Waals surface area contributed by atoms with Gasteiger partial charge >= 0.3 is 0 Å². The number of nitrogens with one attached hydrogen (secondary N) is 1. The molecule has 3 N–H and O–H groups in total. The molecule has 0 fully saturated rings. The minimum absolute atomic E-state index is 0.106.